The topological polar surface area (TPSA) is 84.5 Å². The van der Waals surface area contributed by atoms with E-state index in [1.807, 2.05) is 42.5 Å². The fraction of sp³-hybridized carbons (Fsp3) is 0.375. The third-order valence-electron chi connectivity index (χ3n) is 5.47. The van der Waals surface area contributed by atoms with Crippen molar-refractivity contribution >= 4 is 17.8 Å². The summed E-state index contributed by atoms with van der Waals surface area (Å²) < 4.78 is 4.98. The third kappa shape index (κ3) is 6.17. The minimum Gasteiger partial charge on any atom is -0.454 e. The molecule has 1 fully saturated rings. The first-order chi connectivity index (χ1) is 14.5. The van der Waals surface area contributed by atoms with Crippen molar-refractivity contribution < 1.29 is 19.1 Å². The van der Waals surface area contributed by atoms with Crippen LogP contribution in [-0.4, -0.2) is 37.0 Å². The SMILES string of the molecule is C[C@@H]1CCCC[C@H]1NC(=O)COC(=O)CNC(=O)c1ccc(-c2ccccc2)cc1. The Bertz CT molecular complexity index is 865. The Morgan fingerprint density at radius 3 is 2.30 bits per heavy atom. The molecule has 2 atom stereocenters. The Kier molecular flexibility index (Phi) is 7.60. The van der Waals surface area contributed by atoms with Crippen LogP contribution in [0.15, 0.2) is 54.6 Å². The molecule has 1 aliphatic carbocycles. The largest absolute Gasteiger partial charge is 0.454 e. The van der Waals surface area contributed by atoms with Crippen LogP contribution < -0.4 is 10.6 Å². The number of rotatable bonds is 7. The van der Waals surface area contributed by atoms with E-state index in [2.05, 4.69) is 17.6 Å². The third-order valence-corrected chi connectivity index (χ3v) is 5.47. The van der Waals surface area contributed by atoms with E-state index in [1.54, 1.807) is 12.1 Å². The monoisotopic (exact) mass is 408 g/mol. The van der Waals surface area contributed by atoms with Gasteiger partial charge in [0, 0.05) is 11.6 Å². The molecule has 3 rings (SSSR count). The van der Waals surface area contributed by atoms with Crippen LogP contribution in [0.1, 0.15) is 43.0 Å². The number of benzene rings is 2. The number of hydrogen-bond donors (Lipinski definition) is 2. The highest BCUT2D eigenvalue weighted by Gasteiger charge is 2.23. The minimum atomic E-state index is -0.643. The molecule has 2 N–H and O–H groups in total. The lowest BCUT2D eigenvalue weighted by molar-refractivity contribution is -0.147. The lowest BCUT2D eigenvalue weighted by atomic mass is 9.86. The fourth-order valence-electron chi connectivity index (χ4n) is 3.68. The summed E-state index contributed by atoms with van der Waals surface area (Å²) >= 11 is 0. The zero-order chi connectivity index (χ0) is 21.3. The average molecular weight is 408 g/mol. The molecule has 0 radical (unpaired) electrons. The molecular formula is C24H28N2O4. The van der Waals surface area contributed by atoms with E-state index >= 15 is 0 Å². The molecular weight excluding hydrogens is 380 g/mol. The Morgan fingerprint density at radius 2 is 1.60 bits per heavy atom. The van der Waals surface area contributed by atoms with Gasteiger partial charge in [-0.05, 0) is 42.0 Å². The van der Waals surface area contributed by atoms with Crippen LogP contribution >= 0.6 is 0 Å². The van der Waals surface area contributed by atoms with Crippen molar-refractivity contribution in [2.24, 2.45) is 5.92 Å². The van der Waals surface area contributed by atoms with Crippen LogP contribution in [0.5, 0.6) is 0 Å². The average Bonchev–Trinajstić information content (AvgIpc) is 2.78. The van der Waals surface area contributed by atoms with Crippen LogP contribution in [-0.2, 0) is 14.3 Å². The molecule has 6 heteroatoms. The predicted molar refractivity (Wildman–Crippen MR) is 115 cm³/mol. The Balaban J connectivity index is 1.40. The van der Waals surface area contributed by atoms with Gasteiger partial charge in [0.15, 0.2) is 6.61 Å². The van der Waals surface area contributed by atoms with Gasteiger partial charge in [0.25, 0.3) is 11.8 Å². The van der Waals surface area contributed by atoms with Gasteiger partial charge in [0.2, 0.25) is 0 Å². The quantitative estimate of drug-likeness (QED) is 0.689. The fourth-order valence-corrected chi connectivity index (χ4v) is 3.68. The molecule has 0 aliphatic heterocycles. The molecule has 1 saturated carbocycles. The molecule has 0 unspecified atom stereocenters. The van der Waals surface area contributed by atoms with Gasteiger partial charge >= 0.3 is 5.97 Å². The first-order valence-electron chi connectivity index (χ1n) is 10.4. The molecule has 2 amide bonds. The van der Waals surface area contributed by atoms with Gasteiger partial charge in [-0.15, -0.1) is 0 Å². The maximum absolute atomic E-state index is 12.2. The van der Waals surface area contributed by atoms with E-state index in [0.29, 0.717) is 11.5 Å². The van der Waals surface area contributed by atoms with E-state index in [0.717, 1.165) is 30.4 Å². The highest BCUT2D eigenvalue weighted by molar-refractivity contribution is 5.96. The molecule has 0 aromatic heterocycles. The van der Waals surface area contributed by atoms with Crippen LogP contribution in [0.4, 0.5) is 0 Å². The first-order valence-corrected chi connectivity index (χ1v) is 10.4. The Labute approximate surface area is 177 Å². The second kappa shape index (κ2) is 10.6. The van der Waals surface area contributed by atoms with Crippen molar-refractivity contribution in [1.29, 1.82) is 0 Å². The standard InChI is InChI=1S/C24H28N2O4/c1-17-7-5-6-10-21(17)26-22(27)16-30-23(28)15-25-24(29)20-13-11-19(12-14-20)18-8-3-2-4-9-18/h2-4,8-9,11-14,17,21H,5-7,10,15-16H2,1H3,(H,25,29)(H,26,27)/t17-,21-/m1/s1. The maximum atomic E-state index is 12.2. The summed E-state index contributed by atoms with van der Waals surface area (Å²) in [7, 11) is 0. The molecule has 0 spiro atoms. The van der Waals surface area contributed by atoms with Crippen molar-refractivity contribution in [1.82, 2.24) is 10.6 Å². The Morgan fingerprint density at radius 1 is 0.933 bits per heavy atom. The van der Waals surface area contributed by atoms with E-state index in [4.69, 9.17) is 4.74 Å². The molecule has 2 aromatic carbocycles. The van der Waals surface area contributed by atoms with Gasteiger partial charge in [0.05, 0.1) is 0 Å². The summed E-state index contributed by atoms with van der Waals surface area (Å²) in [5.74, 6) is -0.876. The van der Waals surface area contributed by atoms with E-state index < -0.39 is 5.97 Å². The van der Waals surface area contributed by atoms with Crippen LogP contribution in [0, 0.1) is 5.92 Å². The lowest BCUT2D eigenvalue weighted by Crippen LogP contribution is -2.43. The lowest BCUT2D eigenvalue weighted by Gasteiger charge is -2.29. The van der Waals surface area contributed by atoms with Crippen LogP contribution in [0.3, 0.4) is 0 Å². The number of carbonyl (C=O) groups is 3. The van der Waals surface area contributed by atoms with Crippen LogP contribution in [0.25, 0.3) is 11.1 Å². The summed E-state index contributed by atoms with van der Waals surface area (Å²) in [6, 6.07) is 17.1. The van der Waals surface area contributed by atoms with E-state index in [9.17, 15) is 14.4 Å². The number of amides is 2. The number of esters is 1. The Hall–Kier alpha value is -3.15. The number of ether oxygens (including phenoxy) is 1. The van der Waals surface area contributed by atoms with Gasteiger partial charge in [-0.3, -0.25) is 14.4 Å². The van der Waals surface area contributed by atoms with E-state index in [1.165, 1.54) is 6.42 Å². The molecule has 1 aliphatic rings. The van der Waals surface area contributed by atoms with Crippen LogP contribution in [0.2, 0.25) is 0 Å². The normalized spacial score (nSPS) is 18.3. The zero-order valence-corrected chi connectivity index (χ0v) is 17.2. The van der Waals surface area contributed by atoms with Gasteiger partial charge in [-0.2, -0.15) is 0 Å². The second-order valence-corrected chi connectivity index (χ2v) is 7.72. The highest BCUT2D eigenvalue weighted by atomic mass is 16.5. The van der Waals surface area contributed by atoms with E-state index in [-0.39, 0.29) is 31.0 Å². The molecule has 2 aromatic rings. The second-order valence-electron chi connectivity index (χ2n) is 7.72. The maximum Gasteiger partial charge on any atom is 0.325 e. The van der Waals surface area contributed by atoms with Gasteiger partial charge in [-0.25, -0.2) is 0 Å². The molecule has 0 heterocycles. The smallest absolute Gasteiger partial charge is 0.325 e. The molecule has 0 saturated heterocycles. The molecule has 158 valence electrons. The number of nitrogens with one attached hydrogen (secondary N) is 2. The first kappa shape index (κ1) is 21.6. The summed E-state index contributed by atoms with van der Waals surface area (Å²) in [6.07, 6.45) is 4.35. The summed E-state index contributed by atoms with van der Waals surface area (Å²) in [5, 5.41) is 5.45. The van der Waals surface area contributed by atoms with Gasteiger partial charge in [0.1, 0.15) is 6.54 Å². The van der Waals surface area contributed by atoms with Crippen molar-refractivity contribution in [3.05, 3.63) is 60.2 Å². The molecule has 30 heavy (non-hydrogen) atoms. The summed E-state index contributed by atoms with van der Waals surface area (Å²) in [5.41, 5.74) is 2.52. The number of carbonyl (C=O) groups excluding carboxylic acids is 3. The van der Waals surface area contributed by atoms with Gasteiger partial charge < -0.3 is 15.4 Å². The molecule has 0 bridgehead atoms. The summed E-state index contributed by atoms with van der Waals surface area (Å²) in [6.45, 7) is 1.51. The number of hydrogen-bond acceptors (Lipinski definition) is 4. The zero-order valence-electron chi connectivity index (χ0n) is 17.2. The van der Waals surface area contributed by atoms with Crippen molar-refractivity contribution in [3.8, 4) is 11.1 Å². The summed E-state index contributed by atoms with van der Waals surface area (Å²) in [4.78, 5) is 36.1. The van der Waals surface area contributed by atoms with Gasteiger partial charge in [-0.1, -0.05) is 62.2 Å². The van der Waals surface area contributed by atoms with Crippen molar-refractivity contribution in [3.63, 3.8) is 0 Å². The van der Waals surface area contributed by atoms with Crippen molar-refractivity contribution in [2.75, 3.05) is 13.2 Å². The highest BCUT2D eigenvalue weighted by Crippen LogP contribution is 2.23. The molecule has 6 nitrogen and oxygen atoms in total. The van der Waals surface area contributed by atoms with Crippen molar-refractivity contribution in [2.45, 2.75) is 38.6 Å². The predicted octanol–water partition coefficient (Wildman–Crippen LogP) is 3.32. The minimum absolute atomic E-state index is 0.142.